The van der Waals surface area contributed by atoms with Crippen LogP contribution in [0.2, 0.25) is 0 Å². The molecule has 4 aliphatic rings. The zero-order valence-corrected chi connectivity index (χ0v) is 12.9. The quantitative estimate of drug-likeness (QED) is 0.807. The van der Waals surface area contributed by atoms with E-state index in [1.165, 1.54) is 49.8 Å². The minimum absolute atomic E-state index is 0.362. The largest absolute Gasteiger partial charge is 0.241 e. The molecule has 0 radical (unpaired) electrons. The Bertz CT molecular complexity index is 657. The number of hydrogen-bond donors (Lipinski definition) is 0. The molecule has 4 aliphatic carbocycles. The molecule has 0 spiro atoms. The molecular weight excluding hydrogens is 268 g/mol. The molecule has 4 saturated carbocycles. The van der Waals surface area contributed by atoms with Crippen LogP contribution in [0.5, 0.6) is 0 Å². The lowest BCUT2D eigenvalue weighted by Gasteiger charge is -2.56. The predicted molar refractivity (Wildman–Crippen MR) is 87.3 cm³/mol. The fraction of sp³-hybridized carbons (Fsp3) is 0.500. The highest BCUT2D eigenvalue weighted by molar-refractivity contribution is 5.59. The topological polar surface area (TPSA) is 25.8 Å². The van der Waals surface area contributed by atoms with Crippen LogP contribution >= 0.6 is 0 Å². The lowest BCUT2D eigenvalue weighted by molar-refractivity contribution is -0.00723. The van der Waals surface area contributed by atoms with E-state index in [2.05, 4.69) is 41.4 Å². The molecule has 0 atom stereocenters. The molecule has 0 amide bonds. The highest BCUT2D eigenvalue weighted by Crippen LogP contribution is 2.60. The summed E-state index contributed by atoms with van der Waals surface area (Å²) in [7, 11) is 0. The first-order valence-electron chi connectivity index (χ1n) is 8.69. The summed E-state index contributed by atoms with van der Waals surface area (Å²) in [5, 5.41) is 0. The summed E-state index contributed by atoms with van der Waals surface area (Å²) in [6, 6.07) is 12.8. The number of rotatable bonds is 2. The summed E-state index contributed by atoms with van der Waals surface area (Å²) >= 11 is 0. The molecule has 0 N–H and O–H groups in total. The van der Waals surface area contributed by atoms with Crippen molar-refractivity contribution in [3.05, 3.63) is 48.4 Å². The van der Waals surface area contributed by atoms with E-state index >= 15 is 0 Å². The van der Waals surface area contributed by atoms with Crippen LogP contribution in [0.4, 0.5) is 0 Å². The average molecular weight is 290 g/mol. The van der Waals surface area contributed by atoms with Gasteiger partial charge in [-0.2, -0.15) is 0 Å². The molecule has 4 bridgehead atoms. The minimum Gasteiger partial charge on any atom is -0.241 e. The van der Waals surface area contributed by atoms with Crippen molar-refractivity contribution in [3.8, 4) is 11.3 Å². The third kappa shape index (κ3) is 1.93. The summed E-state index contributed by atoms with van der Waals surface area (Å²) in [6.45, 7) is 0. The first-order chi connectivity index (χ1) is 10.8. The van der Waals surface area contributed by atoms with Crippen LogP contribution in [0.15, 0.2) is 42.7 Å². The summed E-state index contributed by atoms with van der Waals surface area (Å²) in [5.41, 5.74) is 3.97. The van der Waals surface area contributed by atoms with Crippen molar-refractivity contribution in [2.45, 2.75) is 43.9 Å². The van der Waals surface area contributed by atoms with Crippen LogP contribution in [0.1, 0.15) is 44.2 Å². The van der Waals surface area contributed by atoms with Crippen LogP contribution in [0.3, 0.4) is 0 Å². The van der Waals surface area contributed by atoms with Crippen LogP contribution in [0, 0.1) is 17.8 Å². The van der Waals surface area contributed by atoms with Gasteiger partial charge in [0.2, 0.25) is 0 Å². The summed E-state index contributed by atoms with van der Waals surface area (Å²) in [4.78, 5) is 9.27. The van der Waals surface area contributed by atoms with Gasteiger partial charge in [0.25, 0.3) is 0 Å². The molecule has 2 aromatic rings. The van der Waals surface area contributed by atoms with Gasteiger partial charge in [0.05, 0.1) is 11.4 Å². The molecule has 1 aromatic heterocycles. The maximum absolute atomic E-state index is 4.74. The second kappa shape index (κ2) is 4.65. The molecule has 4 fully saturated rings. The smallest absolute Gasteiger partial charge is 0.116 e. The van der Waals surface area contributed by atoms with E-state index in [0.717, 1.165) is 23.4 Å². The molecule has 2 heteroatoms. The van der Waals surface area contributed by atoms with E-state index < -0.39 is 0 Å². The van der Waals surface area contributed by atoms with Gasteiger partial charge in [-0.05, 0) is 62.3 Å². The Hall–Kier alpha value is -1.70. The molecule has 1 aromatic carbocycles. The molecule has 0 unspecified atom stereocenters. The van der Waals surface area contributed by atoms with E-state index in [9.17, 15) is 0 Å². The Morgan fingerprint density at radius 2 is 1.45 bits per heavy atom. The SMILES string of the molecule is c1ccc(-c2cc(C34CC5CC(CC(C5)C3)C4)ncn2)cc1. The van der Waals surface area contributed by atoms with Gasteiger partial charge in [-0.1, -0.05) is 30.3 Å². The van der Waals surface area contributed by atoms with E-state index in [-0.39, 0.29) is 0 Å². The Balaban J connectivity index is 1.56. The lowest BCUT2D eigenvalue weighted by atomic mass is 9.49. The zero-order chi connectivity index (χ0) is 14.6. The Kier molecular flexibility index (Phi) is 2.70. The van der Waals surface area contributed by atoms with Crippen LogP contribution in [-0.2, 0) is 5.41 Å². The van der Waals surface area contributed by atoms with E-state index in [1.807, 2.05) is 0 Å². The fourth-order valence-corrected chi connectivity index (χ4v) is 5.84. The van der Waals surface area contributed by atoms with E-state index in [1.54, 1.807) is 6.33 Å². The molecule has 0 saturated heterocycles. The second-order valence-corrected chi connectivity index (χ2v) is 7.85. The molecule has 2 nitrogen and oxygen atoms in total. The van der Waals surface area contributed by atoms with Gasteiger partial charge in [0.1, 0.15) is 6.33 Å². The monoisotopic (exact) mass is 290 g/mol. The van der Waals surface area contributed by atoms with Crippen LogP contribution in [-0.4, -0.2) is 9.97 Å². The van der Waals surface area contributed by atoms with Crippen LogP contribution in [0.25, 0.3) is 11.3 Å². The molecule has 6 rings (SSSR count). The van der Waals surface area contributed by atoms with Crippen molar-refractivity contribution in [1.29, 1.82) is 0 Å². The first-order valence-corrected chi connectivity index (χ1v) is 8.69. The molecule has 112 valence electrons. The molecule has 22 heavy (non-hydrogen) atoms. The van der Waals surface area contributed by atoms with Crippen LogP contribution < -0.4 is 0 Å². The van der Waals surface area contributed by atoms with Gasteiger partial charge in [0.15, 0.2) is 0 Å². The second-order valence-electron chi connectivity index (χ2n) is 7.85. The van der Waals surface area contributed by atoms with Gasteiger partial charge < -0.3 is 0 Å². The maximum Gasteiger partial charge on any atom is 0.116 e. The van der Waals surface area contributed by atoms with Gasteiger partial charge >= 0.3 is 0 Å². The minimum atomic E-state index is 0.362. The third-order valence-electron chi connectivity index (χ3n) is 6.32. The van der Waals surface area contributed by atoms with E-state index in [0.29, 0.717) is 5.41 Å². The lowest BCUT2D eigenvalue weighted by Crippen LogP contribution is -2.48. The number of aromatic nitrogens is 2. The van der Waals surface area contributed by atoms with Crippen molar-refractivity contribution in [2.24, 2.45) is 17.8 Å². The fourth-order valence-electron chi connectivity index (χ4n) is 5.84. The molecule has 1 heterocycles. The highest BCUT2D eigenvalue weighted by Gasteiger charge is 2.52. The normalized spacial score (nSPS) is 35.7. The van der Waals surface area contributed by atoms with E-state index in [4.69, 9.17) is 4.98 Å². The highest BCUT2D eigenvalue weighted by atomic mass is 14.9. The number of hydrogen-bond acceptors (Lipinski definition) is 2. The van der Waals surface area contributed by atoms with Gasteiger partial charge in [-0.25, -0.2) is 9.97 Å². The van der Waals surface area contributed by atoms with Crippen molar-refractivity contribution in [1.82, 2.24) is 9.97 Å². The number of nitrogens with zero attached hydrogens (tertiary/aromatic N) is 2. The van der Waals surface area contributed by atoms with Gasteiger partial charge in [0, 0.05) is 11.0 Å². The van der Waals surface area contributed by atoms with Gasteiger partial charge in [-0.3, -0.25) is 0 Å². The third-order valence-corrected chi connectivity index (χ3v) is 6.32. The Labute approximate surface area is 132 Å². The Morgan fingerprint density at radius 1 is 0.818 bits per heavy atom. The van der Waals surface area contributed by atoms with Crippen molar-refractivity contribution in [3.63, 3.8) is 0 Å². The zero-order valence-electron chi connectivity index (χ0n) is 12.9. The molecular formula is C20H22N2. The van der Waals surface area contributed by atoms with Crippen molar-refractivity contribution < 1.29 is 0 Å². The standard InChI is InChI=1S/C20H22N2/c1-2-4-17(5-3-1)18-9-19(22-13-21-18)20-10-14-6-15(11-20)8-16(7-14)12-20/h1-5,9,13-16H,6-8,10-12H2. The summed E-state index contributed by atoms with van der Waals surface area (Å²) < 4.78 is 0. The van der Waals surface area contributed by atoms with Gasteiger partial charge in [-0.15, -0.1) is 0 Å². The number of benzene rings is 1. The first kappa shape index (κ1) is 12.8. The van der Waals surface area contributed by atoms with Crippen molar-refractivity contribution in [2.75, 3.05) is 0 Å². The summed E-state index contributed by atoms with van der Waals surface area (Å²) in [5.74, 6) is 2.88. The molecule has 0 aliphatic heterocycles. The average Bonchev–Trinajstić information content (AvgIpc) is 2.55. The maximum atomic E-state index is 4.74. The van der Waals surface area contributed by atoms with Crippen molar-refractivity contribution >= 4 is 0 Å². The summed E-state index contributed by atoms with van der Waals surface area (Å²) in [6.07, 6.45) is 10.3. The predicted octanol–water partition coefficient (Wildman–Crippen LogP) is 4.61. The Morgan fingerprint density at radius 3 is 2.09 bits per heavy atom.